The van der Waals surface area contributed by atoms with Gasteiger partial charge in [0.15, 0.2) is 0 Å². The van der Waals surface area contributed by atoms with Crippen molar-refractivity contribution in [2.24, 2.45) is 0 Å². The molecule has 19 heavy (non-hydrogen) atoms. The van der Waals surface area contributed by atoms with E-state index in [-0.39, 0.29) is 0 Å². The first-order valence-corrected chi connectivity index (χ1v) is 8.86. The van der Waals surface area contributed by atoms with Gasteiger partial charge in [-0.15, -0.1) is 0 Å². The molecule has 0 N–H and O–H groups in total. The van der Waals surface area contributed by atoms with Crippen molar-refractivity contribution in [3.8, 4) is 0 Å². The van der Waals surface area contributed by atoms with Crippen molar-refractivity contribution in [2.45, 2.75) is 103 Å². The molecular formula is C19H37. The zero-order chi connectivity index (χ0) is 14.0. The van der Waals surface area contributed by atoms with Crippen LogP contribution in [0.3, 0.4) is 0 Å². The normalized spacial score (nSPS) is 11.5. The van der Waals surface area contributed by atoms with Gasteiger partial charge in [0.2, 0.25) is 0 Å². The Bertz CT molecular complexity index is 169. The van der Waals surface area contributed by atoms with Gasteiger partial charge in [-0.3, -0.25) is 0 Å². The molecule has 0 aromatic heterocycles. The Balaban J connectivity index is 2.97. The summed E-state index contributed by atoms with van der Waals surface area (Å²) in [6.45, 7) is 6.14. The molecular weight excluding hydrogens is 228 g/mol. The summed E-state index contributed by atoms with van der Waals surface area (Å²) < 4.78 is 0. The lowest BCUT2D eigenvalue weighted by molar-refractivity contribution is 0.553. The van der Waals surface area contributed by atoms with Crippen LogP contribution in [-0.4, -0.2) is 0 Å². The number of allylic oxidation sites excluding steroid dienone is 2. The van der Waals surface area contributed by atoms with Crippen LogP contribution >= 0.6 is 0 Å². The molecule has 0 aromatic rings. The van der Waals surface area contributed by atoms with E-state index in [2.05, 4.69) is 26.0 Å². The van der Waals surface area contributed by atoms with Crippen molar-refractivity contribution in [2.75, 3.05) is 0 Å². The minimum absolute atomic E-state index is 1.12. The molecule has 0 amide bonds. The van der Waals surface area contributed by atoms with Gasteiger partial charge in [-0.1, -0.05) is 103 Å². The SMILES string of the molecule is [CH2]CCCCCCCCCCCCC=CCCCC. The minimum Gasteiger partial charge on any atom is -0.0885 e. The van der Waals surface area contributed by atoms with E-state index in [9.17, 15) is 0 Å². The Hall–Kier alpha value is -0.260. The second-order valence-corrected chi connectivity index (χ2v) is 5.79. The highest BCUT2D eigenvalue weighted by atomic mass is 14.0. The molecule has 0 aliphatic carbocycles. The summed E-state index contributed by atoms with van der Waals surface area (Å²) in [5.41, 5.74) is 0. The lowest BCUT2D eigenvalue weighted by Crippen LogP contribution is -1.82. The molecule has 0 fully saturated rings. The van der Waals surface area contributed by atoms with Crippen LogP contribution in [0.15, 0.2) is 12.2 Å². The van der Waals surface area contributed by atoms with E-state index in [4.69, 9.17) is 0 Å². The number of hydrogen-bond acceptors (Lipinski definition) is 0. The third kappa shape index (κ3) is 17.7. The molecule has 1 radical (unpaired) electrons. The molecule has 0 atom stereocenters. The summed E-state index contributed by atoms with van der Waals surface area (Å²) in [6, 6.07) is 0. The van der Waals surface area contributed by atoms with Gasteiger partial charge in [-0.25, -0.2) is 0 Å². The minimum atomic E-state index is 1.12. The van der Waals surface area contributed by atoms with Gasteiger partial charge in [-0.2, -0.15) is 0 Å². The lowest BCUT2D eigenvalue weighted by atomic mass is 10.1. The van der Waals surface area contributed by atoms with Gasteiger partial charge >= 0.3 is 0 Å². The first-order chi connectivity index (χ1) is 9.41. The maximum absolute atomic E-state index is 3.88. The monoisotopic (exact) mass is 265 g/mol. The molecule has 0 unspecified atom stereocenters. The van der Waals surface area contributed by atoms with Crippen molar-refractivity contribution in [1.29, 1.82) is 0 Å². The van der Waals surface area contributed by atoms with E-state index in [1.807, 2.05) is 0 Å². The van der Waals surface area contributed by atoms with E-state index < -0.39 is 0 Å². The molecule has 0 saturated heterocycles. The molecule has 0 heteroatoms. The Morgan fingerprint density at radius 3 is 1.47 bits per heavy atom. The highest BCUT2D eigenvalue weighted by Gasteiger charge is 1.92. The van der Waals surface area contributed by atoms with Crippen LogP contribution in [0.5, 0.6) is 0 Å². The number of rotatable bonds is 15. The second kappa shape index (κ2) is 17.7. The van der Waals surface area contributed by atoms with E-state index in [0.29, 0.717) is 0 Å². The standard InChI is InChI=1S/C19H37/c1-3-5-7-9-11-13-15-17-19-18-16-14-12-10-8-6-4-2/h10,12H,1,3-9,11,13-19H2,2H3. The third-order valence-corrected chi connectivity index (χ3v) is 3.76. The van der Waals surface area contributed by atoms with E-state index in [1.54, 1.807) is 0 Å². The van der Waals surface area contributed by atoms with Crippen molar-refractivity contribution >= 4 is 0 Å². The molecule has 0 rings (SSSR count). The van der Waals surface area contributed by atoms with Crippen LogP contribution in [0.25, 0.3) is 0 Å². The second-order valence-electron chi connectivity index (χ2n) is 5.79. The fourth-order valence-electron chi connectivity index (χ4n) is 2.41. The average Bonchev–Trinajstić information content (AvgIpc) is 2.43. The summed E-state index contributed by atoms with van der Waals surface area (Å²) in [5, 5.41) is 0. The third-order valence-electron chi connectivity index (χ3n) is 3.76. The first-order valence-electron chi connectivity index (χ1n) is 8.86. The Morgan fingerprint density at radius 2 is 1.00 bits per heavy atom. The largest absolute Gasteiger partial charge is 0.0885 e. The molecule has 0 bridgehead atoms. The van der Waals surface area contributed by atoms with Crippen LogP contribution in [0.1, 0.15) is 103 Å². The summed E-state index contributed by atoms with van der Waals surface area (Å²) in [4.78, 5) is 0. The molecule has 0 aliphatic heterocycles. The van der Waals surface area contributed by atoms with Crippen LogP contribution in [0.4, 0.5) is 0 Å². The summed E-state index contributed by atoms with van der Waals surface area (Å²) in [5.74, 6) is 0. The average molecular weight is 266 g/mol. The maximum Gasteiger partial charge on any atom is -0.0351 e. The van der Waals surface area contributed by atoms with Crippen molar-refractivity contribution in [3.05, 3.63) is 19.1 Å². The molecule has 0 saturated carbocycles. The van der Waals surface area contributed by atoms with Crippen molar-refractivity contribution in [3.63, 3.8) is 0 Å². The fraction of sp³-hybridized carbons (Fsp3) is 0.842. The van der Waals surface area contributed by atoms with Gasteiger partial charge in [0.05, 0.1) is 0 Å². The fourth-order valence-corrected chi connectivity index (χ4v) is 2.41. The highest BCUT2D eigenvalue weighted by Crippen LogP contribution is 2.12. The Kier molecular flexibility index (Phi) is 17.5. The van der Waals surface area contributed by atoms with Gasteiger partial charge in [0, 0.05) is 0 Å². The zero-order valence-corrected chi connectivity index (χ0v) is 13.5. The van der Waals surface area contributed by atoms with Crippen LogP contribution in [0.2, 0.25) is 0 Å². The number of unbranched alkanes of at least 4 members (excludes halogenated alkanes) is 13. The van der Waals surface area contributed by atoms with Gasteiger partial charge < -0.3 is 0 Å². The van der Waals surface area contributed by atoms with Gasteiger partial charge in [-0.05, 0) is 19.3 Å². The Labute approximate surface area is 123 Å². The smallest absolute Gasteiger partial charge is 0.0351 e. The predicted octanol–water partition coefficient (Wildman–Crippen LogP) is 7.25. The van der Waals surface area contributed by atoms with Crippen LogP contribution in [-0.2, 0) is 0 Å². The zero-order valence-electron chi connectivity index (χ0n) is 13.5. The number of hydrogen-bond donors (Lipinski definition) is 0. The molecule has 0 aromatic carbocycles. The molecule has 0 aliphatic rings. The Morgan fingerprint density at radius 1 is 0.579 bits per heavy atom. The molecule has 0 nitrogen and oxygen atoms in total. The summed E-state index contributed by atoms with van der Waals surface area (Å²) in [7, 11) is 0. The van der Waals surface area contributed by atoms with Crippen LogP contribution in [0, 0.1) is 6.92 Å². The van der Waals surface area contributed by atoms with Crippen molar-refractivity contribution < 1.29 is 0 Å². The topological polar surface area (TPSA) is 0 Å². The van der Waals surface area contributed by atoms with Gasteiger partial charge in [0.1, 0.15) is 0 Å². The first kappa shape index (κ1) is 18.7. The van der Waals surface area contributed by atoms with E-state index >= 15 is 0 Å². The molecule has 0 spiro atoms. The summed E-state index contributed by atoms with van der Waals surface area (Å²) in [6.07, 6.45) is 25.4. The van der Waals surface area contributed by atoms with Gasteiger partial charge in [0.25, 0.3) is 0 Å². The van der Waals surface area contributed by atoms with Crippen LogP contribution < -0.4 is 0 Å². The summed E-state index contributed by atoms with van der Waals surface area (Å²) >= 11 is 0. The molecule has 0 heterocycles. The quantitative estimate of drug-likeness (QED) is 0.216. The predicted molar refractivity (Wildman–Crippen MR) is 89.4 cm³/mol. The molecule has 113 valence electrons. The lowest BCUT2D eigenvalue weighted by Gasteiger charge is -2.01. The highest BCUT2D eigenvalue weighted by molar-refractivity contribution is 4.81. The van der Waals surface area contributed by atoms with Crippen molar-refractivity contribution in [1.82, 2.24) is 0 Å². The maximum atomic E-state index is 3.88. The van der Waals surface area contributed by atoms with E-state index in [0.717, 1.165) is 6.42 Å². The van der Waals surface area contributed by atoms with E-state index in [1.165, 1.54) is 89.9 Å².